The van der Waals surface area contributed by atoms with Gasteiger partial charge in [-0.3, -0.25) is 0 Å². The highest BCUT2D eigenvalue weighted by molar-refractivity contribution is 5.46. The van der Waals surface area contributed by atoms with Crippen molar-refractivity contribution in [2.75, 3.05) is 45.7 Å². The lowest BCUT2D eigenvalue weighted by atomic mass is 10.1. The average molecular weight is 236 g/mol. The van der Waals surface area contributed by atoms with Gasteiger partial charge in [0.05, 0.1) is 6.61 Å². The molecule has 0 unspecified atom stereocenters. The number of nitrogens with zero attached hydrogens (tertiary/aromatic N) is 2. The summed E-state index contributed by atoms with van der Waals surface area (Å²) in [6, 6.07) is 8.61. The van der Waals surface area contributed by atoms with E-state index < -0.39 is 0 Å². The van der Waals surface area contributed by atoms with Crippen LogP contribution in [-0.2, 0) is 6.42 Å². The number of likely N-dealkylation sites (N-methyl/N-ethyl adjacent to an activating group) is 1. The maximum atomic E-state index is 8.87. The van der Waals surface area contributed by atoms with Crippen LogP contribution in [0.2, 0.25) is 0 Å². The van der Waals surface area contributed by atoms with Gasteiger partial charge in [0.25, 0.3) is 0 Å². The van der Waals surface area contributed by atoms with Gasteiger partial charge in [-0.05, 0) is 51.2 Å². The van der Waals surface area contributed by atoms with Gasteiger partial charge < -0.3 is 14.9 Å². The number of aliphatic hydroxyl groups is 1. The van der Waals surface area contributed by atoms with Crippen molar-refractivity contribution < 1.29 is 5.11 Å². The van der Waals surface area contributed by atoms with Crippen LogP contribution in [0.1, 0.15) is 12.0 Å². The van der Waals surface area contributed by atoms with Crippen LogP contribution in [0.15, 0.2) is 24.3 Å². The third-order valence-electron chi connectivity index (χ3n) is 2.88. The maximum Gasteiger partial charge on any atom is 0.0606 e. The summed E-state index contributed by atoms with van der Waals surface area (Å²) in [5.41, 5.74) is 2.54. The Morgan fingerprint density at radius 2 is 1.65 bits per heavy atom. The van der Waals surface area contributed by atoms with E-state index in [-0.39, 0.29) is 6.61 Å². The fraction of sp³-hybridized carbons (Fsp3) is 0.571. The van der Waals surface area contributed by atoms with E-state index in [1.54, 1.807) is 0 Å². The first kappa shape index (κ1) is 14.0. The first-order chi connectivity index (χ1) is 8.13. The van der Waals surface area contributed by atoms with Crippen molar-refractivity contribution in [2.24, 2.45) is 0 Å². The molecule has 3 heteroatoms. The van der Waals surface area contributed by atoms with Crippen molar-refractivity contribution in [3.8, 4) is 0 Å². The minimum atomic E-state index is 0.196. The molecular formula is C14H24N2O. The van der Waals surface area contributed by atoms with Crippen LogP contribution in [0.25, 0.3) is 0 Å². The largest absolute Gasteiger partial charge is 0.395 e. The Bertz CT molecular complexity index is 309. The van der Waals surface area contributed by atoms with Crippen molar-refractivity contribution in [1.29, 1.82) is 0 Å². The van der Waals surface area contributed by atoms with E-state index in [1.807, 2.05) is 7.05 Å². The van der Waals surface area contributed by atoms with E-state index in [0.29, 0.717) is 6.54 Å². The molecular weight excluding hydrogens is 212 g/mol. The number of aryl methyl sites for hydroxylation is 1. The summed E-state index contributed by atoms with van der Waals surface area (Å²) >= 11 is 0. The van der Waals surface area contributed by atoms with Gasteiger partial charge in [0.2, 0.25) is 0 Å². The number of rotatable bonds is 7. The van der Waals surface area contributed by atoms with Crippen LogP contribution in [-0.4, -0.2) is 50.8 Å². The van der Waals surface area contributed by atoms with Crippen LogP contribution in [0.4, 0.5) is 5.69 Å². The molecule has 96 valence electrons. The standard InChI is InChI=1S/C14H24N2O/c1-15(2)10-4-5-13-6-8-14(9-7-13)16(3)11-12-17/h6-9,17H,4-5,10-12H2,1-3H3. The van der Waals surface area contributed by atoms with Crippen LogP contribution in [0.3, 0.4) is 0 Å². The minimum absolute atomic E-state index is 0.196. The molecule has 1 aromatic rings. The van der Waals surface area contributed by atoms with Crippen LogP contribution < -0.4 is 4.90 Å². The molecule has 0 heterocycles. The van der Waals surface area contributed by atoms with Crippen molar-refractivity contribution >= 4 is 5.69 Å². The zero-order valence-electron chi connectivity index (χ0n) is 11.2. The Morgan fingerprint density at radius 1 is 1.00 bits per heavy atom. The van der Waals surface area contributed by atoms with E-state index in [0.717, 1.165) is 18.7 Å². The fourth-order valence-electron chi connectivity index (χ4n) is 1.80. The number of hydrogen-bond acceptors (Lipinski definition) is 3. The van der Waals surface area contributed by atoms with Crippen LogP contribution in [0, 0.1) is 0 Å². The van der Waals surface area contributed by atoms with E-state index in [9.17, 15) is 0 Å². The molecule has 0 fully saturated rings. The van der Waals surface area contributed by atoms with Gasteiger partial charge in [0.1, 0.15) is 0 Å². The van der Waals surface area contributed by atoms with Gasteiger partial charge >= 0.3 is 0 Å². The molecule has 0 aliphatic rings. The SMILES string of the molecule is CN(C)CCCc1ccc(N(C)CCO)cc1. The maximum absolute atomic E-state index is 8.87. The summed E-state index contributed by atoms with van der Waals surface area (Å²) in [6.07, 6.45) is 2.32. The molecule has 0 spiro atoms. The quantitative estimate of drug-likeness (QED) is 0.779. The minimum Gasteiger partial charge on any atom is -0.395 e. The monoisotopic (exact) mass is 236 g/mol. The molecule has 0 bridgehead atoms. The summed E-state index contributed by atoms with van der Waals surface area (Å²) in [5.74, 6) is 0. The zero-order valence-corrected chi connectivity index (χ0v) is 11.2. The van der Waals surface area contributed by atoms with E-state index in [1.165, 1.54) is 12.0 Å². The van der Waals surface area contributed by atoms with Crippen molar-refractivity contribution in [1.82, 2.24) is 4.90 Å². The lowest BCUT2D eigenvalue weighted by molar-refractivity contribution is 0.304. The molecule has 0 saturated heterocycles. The summed E-state index contributed by atoms with van der Waals surface area (Å²) in [6.45, 7) is 2.01. The molecule has 0 radical (unpaired) electrons. The van der Waals surface area contributed by atoms with Gasteiger partial charge in [0.15, 0.2) is 0 Å². The molecule has 1 aromatic carbocycles. The third kappa shape index (κ3) is 5.20. The fourth-order valence-corrected chi connectivity index (χ4v) is 1.80. The highest BCUT2D eigenvalue weighted by atomic mass is 16.3. The third-order valence-corrected chi connectivity index (χ3v) is 2.88. The topological polar surface area (TPSA) is 26.7 Å². The van der Waals surface area contributed by atoms with Crippen LogP contribution in [0.5, 0.6) is 0 Å². The molecule has 1 rings (SSSR count). The highest BCUT2D eigenvalue weighted by Gasteiger charge is 2.00. The molecule has 17 heavy (non-hydrogen) atoms. The molecule has 3 nitrogen and oxygen atoms in total. The Labute approximate surface area is 105 Å². The summed E-state index contributed by atoms with van der Waals surface area (Å²) in [5, 5.41) is 8.87. The summed E-state index contributed by atoms with van der Waals surface area (Å²) in [4.78, 5) is 4.27. The second-order valence-electron chi connectivity index (χ2n) is 4.72. The molecule has 0 amide bonds. The second kappa shape index (κ2) is 7.30. The van der Waals surface area contributed by atoms with Gasteiger partial charge in [-0.1, -0.05) is 12.1 Å². The summed E-state index contributed by atoms with van der Waals surface area (Å²) in [7, 11) is 6.21. The summed E-state index contributed by atoms with van der Waals surface area (Å²) < 4.78 is 0. The lowest BCUT2D eigenvalue weighted by Crippen LogP contribution is -2.20. The second-order valence-corrected chi connectivity index (χ2v) is 4.72. The van der Waals surface area contributed by atoms with E-state index >= 15 is 0 Å². The lowest BCUT2D eigenvalue weighted by Gasteiger charge is -2.18. The first-order valence-electron chi connectivity index (χ1n) is 6.19. The zero-order chi connectivity index (χ0) is 12.7. The smallest absolute Gasteiger partial charge is 0.0606 e. The van der Waals surface area contributed by atoms with Crippen molar-refractivity contribution in [2.45, 2.75) is 12.8 Å². The van der Waals surface area contributed by atoms with E-state index in [2.05, 4.69) is 48.2 Å². The number of anilines is 1. The molecule has 0 saturated carbocycles. The normalized spacial score (nSPS) is 10.9. The highest BCUT2D eigenvalue weighted by Crippen LogP contribution is 2.14. The van der Waals surface area contributed by atoms with Gasteiger partial charge in [-0.2, -0.15) is 0 Å². The number of hydrogen-bond donors (Lipinski definition) is 1. The van der Waals surface area contributed by atoms with Gasteiger partial charge in [0, 0.05) is 19.3 Å². The van der Waals surface area contributed by atoms with Gasteiger partial charge in [-0.25, -0.2) is 0 Å². The van der Waals surface area contributed by atoms with E-state index in [4.69, 9.17) is 5.11 Å². The van der Waals surface area contributed by atoms with Crippen molar-refractivity contribution in [3.05, 3.63) is 29.8 Å². The Morgan fingerprint density at radius 3 is 2.18 bits per heavy atom. The molecule has 0 aromatic heterocycles. The Balaban J connectivity index is 2.44. The molecule has 0 aliphatic carbocycles. The van der Waals surface area contributed by atoms with Crippen molar-refractivity contribution in [3.63, 3.8) is 0 Å². The Kier molecular flexibility index (Phi) is 6.01. The predicted octanol–water partition coefficient (Wildman–Crippen LogP) is 1.61. The van der Waals surface area contributed by atoms with Gasteiger partial charge in [-0.15, -0.1) is 0 Å². The van der Waals surface area contributed by atoms with Crippen LogP contribution >= 0.6 is 0 Å². The molecule has 0 aliphatic heterocycles. The average Bonchev–Trinajstić information content (AvgIpc) is 2.30. The number of benzene rings is 1. The molecule has 1 N–H and O–H groups in total. The Hall–Kier alpha value is -1.06. The first-order valence-corrected chi connectivity index (χ1v) is 6.19. The number of aliphatic hydroxyl groups excluding tert-OH is 1. The predicted molar refractivity (Wildman–Crippen MR) is 73.7 cm³/mol. The molecule has 0 atom stereocenters.